The number of carbonyl (C=O) groups is 1. The largest absolute Gasteiger partial charge is 0.292 e. The van der Waals surface area contributed by atoms with E-state index in [0.29, 0.717) is 30.2 Å². The van der Waals surface area contributed by atoms with Gasteiger partial charge in [-0.3, -0.25) is 9.78 Å². The summed E-state index contributed by atoms with van der Waals surface area (Å²) in [5, 5.41) is 0.945. The fourth-order valence-electron chi connectivity index (χ4n) is 2.49. The van der Waals surface area contributed by atoms with E-state index in [2.05, 4.69) is 14.7 Å². The lowest BCUT2D eigenvalue weighted by molar-refractivity contribution is 0.0978. The van der Waals surface area contributed by atoms with Gasteiger partial charge < -0.3 is 0 Å². The Morgan fingerprint density at radius 2 is 1.90 bits per heavy atom. The van der Waals surface area contributed by atoms with Gasteiger partial charge in [-0.25, -0.2) is 26.9 Å². The SMILES string of the molecule is Cc1ncc(CCC(=O)c2ccc(CNS(=O)(=O)c3ccc(F)c(F)c3)cn2)s1. The summed E-state index contributed by atoms with van der Waals surface area (Å²) in [5.74, 6) is -2.49. The summed E-state index contributed by atoms with van der Waals surface area (Å²) in [7, 11) is -4.02. The molecule has 0 unspecified atom stereocenters. The van der Waals surface area contributed by atoms with E-state index in [1.807, 2.05) is 6.92 Å². The van der Waals surface area contributed by atoms with Crippen molar-refractivity contribution in [3.05, 3.63) is 75.5 Å². The van der Waals surface area contributed by atoms with E-state index in [9.17, 15) is 22.0 Å². The number of aryl methyl sites for hydroxylation is 2. The monoisotopic (exact) mass is 437 g/mol. The predicted octanol–water partition coefficient (Wildman–Crippen LogP) is 3.42. The zero-order chi connectivity index (χ0) is 21.0. The van der Waals surface area contributed by atoms with Crippen LogP contribution in [-0.4, -0.2) is 24.2 Å². The number of pyridine rings is 1. The Hall–Kier alpha value is -2.56. The number of benzene rings is 1. The molecule has 6 nitrogen and oxygen atoms in total. The van der Waals surface area contributed by atoms with Crippen molar-refractivity contribution < 1.29 is 22.0 Å². The molecule has 152 valence electrons. The van der Waals surface area contributed by atoms with Gasteiger partial charge in [-0.1, -0.05) is 6.07 Å². The van der Waals surface area contributed by atoms with Gasteiger partial charge in [-0.05, 0) is 43.2 Å². The number of hydrogen-bond acceptors (Lipinski definition) is 6. The highest BCUT2D eigenvalue weighted by molar-refractivity contribution is 7.89. The molecule has 29 heavy (non-hydrogen) atoms. The molecule has 0 bridgehead atoms. The van der Waals surface area contributed by atoms with E-state index in [1.54, 1.807) is 23.6 Å². The summed E-state index contributed by atoms with van der Waals surface area (Å²) in [4.78, 5) is 21.1. The Morgan fingerprint density at radius 3 is 2.52 bits per heavy atom. The first-order valence-corrected chi connectivity index (χ1v) is 10.9. The number of ketones is 1. The Bertz CT molecular complexity index is 1130. The van der Waals surface area contributed by atoms with Crippen molar-refractivity contribution >= 4 is 27.1 Å². The van der Waals surface area contributed by atoms with E-state index in [1.165, 1.54) is 12.3 Å². The lowest BCUT2D eigenvalue weighted by Crippen LogP contribution is -2.23. The summed E-state index contributed by atoms with van der Waals surface area (Å²) in [6, 6.07) is 5.46. The van der Waals surface area contributed by atoms with Crippen LogP contribution in [0.4, 0.5) is 8.78 Å². The molecule has 0 aliphatic rings. The van der Waals surface area contributed by atoms with E-state index >= 15 is 0 Å². The van der Waals surface area contributed by atoms with Crippen LogP contribution in [0.2, 0.25) is 0 Å². The highest BCUT2D eigenvalue weighted by atomic mass is 32.2. The normalized spacial score (nSPS) is 11.6. The number of sulfonamides is 1. The van der Waals surface area contributed by atoms with Crippen molar-refractivity contribution in [2.24, 2.45) is 0 Å². The smallest absolute Gasteiger partial charge is 0.240 e. The minimum Gasteiger partial charge on any atom is -0.292 e. The quantitative estimate of drug-likeness (QED) is 0.546. The first-order chi connectivity index (χ1) is 13.7. The molecule has 0 saturated carbocycles. The summed E-state index contributed by atoms with van der Waals surface area (Å²) < 4.78 is 52.9. The Kier molecular flexibility index (Phi) is 6.46. The molecule has 0 aliphatic heterocycles. The van der Waals surface area contributed by atoms with Crippen molar-refractivity contribution in [1.29, 1.82) is 0 Å². The first kappa shape index (κ1) is 21.2. The van der Waals surface area contributed by atoms with Gasteiger partial charge in [0, 0.05) is 30.2 Å². The molecule has 2 aromatic heterocycles. The Labute approximate surface area is 170 Å². The molecule has 10 heteroatoms. The number of hydrogen-bond donors (Lipinski definition) is 1. The molecule has 0 saturated heterocycles. The van der Waals surface area contributed by atoms with E-state index < -0.39 is 21.7 Å². The number of nitrogens with one attached hydrogen (secondary N) is 1. The van der Waals surface area contributed by atoms with E-state index in [4.69, 9.17) is 0 Å². The minimum absolute atomic E-state index is 0.108. The van der Waals surface area contributed by atoms with Crippen LogP contribution < -0.4 is 4.72 Å². The Morgan fingerprint density at radius 1 is 1.10 bits per heavy atom. The highest BCUT2D eigenvalue weighted by Gasteiger charge is 2.16. The van der Waals surface area contributed by atoms with E-state index in [-0.39, 0.29) is 17.2 Å². The first-order valence-electron chi connectivity index (χ1n) is 8.59. The van der Waals surface area contributed by atoms with Gasteiger partial charge in [-0.2, -0.15) is 0 Å². The number of Topliss-reactive ketones (excluding diaryl/α,β-unsaturated/α-hetero) is 1. The molecular weight excluding hydrogens is 420 g/mol. The molecule has 1 N–H and O–H groups in total. The maximum absolute atomic E-state index is 13.3. The number of nitrogens with zero attached hydrogens (tertiary/aromatic N) is 2. The van der Waals surface area contributed by atoms with Crippen molar-refractivity contribution in [2.45, 2.75) is 31.2 Å². The Balaban J connectivity index is 1.58. The van der Waals surface area contributed by atoms with Crippen LogP contribution >= 0.6 is 11.3 Å². The molecule has 1 aromatic carbocycles. The topological polar surface area (TPSA) is 89.0 Å². The maximum Gasteiger partial charge on any atom is 0.240 e. The van der Waals surface area contributed by atoms with Crippen LogP contribution in [0.3, 0.4) is 0 Å². The summed E-state index contributed by atoms with van der Waals surface area (Å²) in [5.41, 5.74) is 0.809. The number of thiazole rings is 1. The van der Waals surface area contributed by atoms with E-state index in [0.717, 1.165) is 22.0 Å². The van der Waals surface area contributed by atoms with Crippen LogP contribution in [0.5, 0.6) is 0 Å². The molecule has 0 spiro atoms. The van der Waals surface area contributed by atoms with Gasteiger partial charge in [0.1, 0.15) is 5.69 Å². The zero-order valence-electron chi connectivity index (χ0n) is 15.4. The van der Waals surface area contributed by atoms with Crippen molar-refractivity contribution in [3.63, 3.8) is 0 Å². The van der Waals surface area contributed by atoms with Gasteiger partial charge in [-0.15, -0.1) is 11.3 Å². The van der Waals surface area contributed by atoms with Crippen LogP contribution in [0.15, 0.2) is 47.6 Å². The molecule has 0 atom stereocenters. The lowest BCUT2D eigenvalue weighted by atomic mass is 10.1. The minimum atomic E-state index is -4.02. The van der Waals surface area contributed by atoms with Crippen LogP contribution in [0.25, 0.3) is 0 Å². The third-order valence-corrected chi connectivity index (χ3v) is 6.42. The van der Waals surface area contributed by atoms with Gasteiger partial charge >= 0.3 is 0 Å². The number of halogens is 2. The molecule has 0 radical (unpaired) electrons. The summed E-state index contributed by atoms with van der Waals surface area (Å²) in [6.07, 6.45) is 4.04. The third-order valence-electron chi connectivity index (χ3n) is 4.05. The fourth-order valence-corrected chi connectivity index (χ4v) is 4.31. The van der Waals surface area contributed by atoms with Gasteiger partial charge in [0.05, 0.1) is 9.90 Å². The highest BCUT2D eigenvalue weighted by Crippen LogP contribution is 2.16. The fraction of sp³-hybridized carbons (Fsp3) is 0.211. The summed E-state index contributed by atoms with van der Waals surface area (Å²) in [6.45, 7) is 1.79. The predicted molar refractivity (Wildman–Crippen MR) is 104 cm³/mol. The molecule has 0 fully saturated rings. The molecule has 0 aliphatic carbocycles. The maximum atomic E-state index is 13.3. The molecule has 2 heterocycles. The van der Waals surface area contributed by atoms with Crippen molar-refractivity contribution in [1.82, 2.24) is 14.7 Å². The summed E-state index contributed by atoms with van der Waals surface area (Å²) >= 11 is 1.54. The van der Waals surface area contributed by atoms with Gasteiger partial charge in [0.25, 0.3) is 0 Å². The number of aromatic nitrogens is 2. The number of carbonyl (C=O) groups excluding carboxylic acids is 1. The lowest BCUT2D eigenvalue weighted by Gasteiger charge is -2.07. The van der Waals surface area contributed by atoms with Crippen LogP contribution in [0.1, 0.15) is 32.4 Å². The molecule has 3 rings (SSSR count). The second-order valence-electron chi connectivity index (χ2n) is 6.22. The molecule has 3 aromatic rings. The molecular formula is C19H17F2N3O3S2. The van der Waals surface area contributed by atoms with Gasteiger partial charge in [0.2, 0.25) is 10.0 Å². The molecule has 0 amide bonds. The second-order valence-corrected chi connectivity index (χ2v) is 9.31. The second kappa shape index (κ2) is 8.85. The zero-order valence-corrected chi connectivity index (χ0v) is 17.0. The third kappa shape index (κ3) is 5.49. The number of rotatable bonds is 8. The standard InChI is InChI=1S/C19H17F2N3O3S2/c1-12-22-11-14(28-12)3-7-19(25)18-6-2-13(9-23-18)10-24-29(26,27)15-4-5-16(20)17(21)8-15/h2,4-6,8-9,11,24H,3,7,10H2,1H3. The van der Waals surface area contributed by atoms with Crippen LogP contribution in [-0.2, 0) is 23.0 Å². The van der Waals surface area contributed by atoms with Gasteiger partial charge in [0.15, 0.2) is 17.4 Å². The van der Waals surface area contributed by atoms with Crippen LogP contribution in [0, 0.1) is 18.6 Å². The average molecular weight is 437 g/mol. The average Bonchev–Trinajstić information content (AvgIpc) is 3.12. The van der Waals surface area contributed by atoms with Crippen molar-refractivity contribution in [2.75, 3.05) is 0 Å². The van der Waals surface area contributed by atoms with Crippen molar-refractivity contribution in [3.8, 4) is 0 Å².